The van der Waals surface area contributed by atoms with Gasteiger partial charge in [0.25, 0.3) is 0 Å². The summed E-state index contributed by atoms with van der Waals surface area (Å²) in [5, 5.41) is 1.24. The molecular weight excluding hydrogens is 277 g/mol. The molecule has 1 heterocycles. The number of nitrogens with zero attached hydrogens (tertiary/aromatic N) is 1. The van der Waals surface area contributed by atoms with Crippen LogP contribution in [0.5, 0.6) is 5.75 Å². The van der Waals surface area contributed by atoms with E-state index in [9.17, 15) is 4.79 Å². The maximum absolute atomic E-state index is 11.6. The molecule has 1 aromatic carbocycles. The van der Waals surface area contributed by atoms with Crippen molar-refractivity contribution in [1.82, 2.24) is 4.98 Å². The highest BCUT2D eigenvalue weighted by atomic mass is 35.5. The van der Waals surface area contributed by atoms with Crippen molar-refractivity contribution in [2.45, 2.75) is 0 Å². The van der Waals surface area contributed by atoms with Gasteiger partial charge in [0.15, 0.2) is 0 Å². The fourth-order valence-electron chi connectivity index (χ4n) is 1.60. The molecule has 0 unspecified atom stereocenters. The molecule has 0 aliphatic carbocycles. The highest BCUT2D eigenvalue weighted by Crippen LogP contribution is 2.33. The first-order valence-corrected chi connectivity index (χ1v) is 5.74. The van der Waals surface area contributed by atoms with E-state index in [1.54, 1.807) is 12.1 Å². The summed E-state index contributed by atoms with van der Waals surface area (Å²) < 4.78 is 9.81. The van der Waals surface area contributed by atoms with Gasteiger partial charge < -0.3 is 9.47 Å². The fraction of sp³-hybridized carbons (Fsp3) is 0.167. The maximum atomic E-state index is 11.6. The molecule has 0 atom stereocenters. The number of esters is 1. The molecule has 94 valence electrons. The van der Waals surface area contributed by atoms with Gasteiger partial charge in [-0.1, -0.05) is 23.2 Å². The normalized spacial score (nSPS) is 10.4. The monoisotopic (exact) mass is 285 g/mol. The lowest BCUT2D eigenvalue weighted by atomic mass is 10.1. The predicted octanol–water partition coefficient (Wildman–Crippen LogP) is 3.34. The summed E-state index contributed by atoms with van der Waals surface area (Å²) in [4.78, 5) is 15.8. The summed E-state index contributed by atoms with van der Waals surface area (Å²) >= 11 is 12.0. The highest BCUT2D eigenvalue weighted by Gasteiger charge is 2.16. The number of pyridine rings is 1. The van der Waals surface area contributed by atoms with Crippen LogP contribution in [-0.2, 0) is 4.74 Å². The van der Waals surface area contributed by atoms with Gasteiger partial charge in [0, 0.05) is 17.6 Å². The van der Waals surface area contributed by atoms with Gasteiger partial charge in [-0.3, -0.25) is 4.98 Å². The first kappa shape index (κ1) is 12.9. The molecule has 2 aromatic rings. The standard InChI is InChI=1S/C12H9Cl2NO3/c1-17-10-4-9-6(3-7(10)12(16)18-2)11(14)8(13)5-15-9/h3-5H,1-2H3. The van der Waals surface area contributed by atoms with E-state index in [1.807, 2.05) is 0 Å². The van der Waals surface area contributed by atoms with Crippen LogP contribution in [0.2, 0.25) is 10.0 Å². The minimum absolute atomic E-state index is 0.276. The van der Waals surface area contributed by atoms with Crippen molar-refractivity contribution in [2.24, 2.45) is 0 Å². The number of halogens is 2. The smallest absolute Gasteiger partial charge is 0.341 e. The van der Waals surface area contributed by atoms with E-state index < -0.39 is 5.97 Å². The Hall–Kier alpha value is -1.52. The molecule has 0 aliphatic rings. The van der Waals surface area contributed by atoms with Gasteiger partial charge in [-0.25, -0.2) is 4.79 Å². The highest BCUT2D eigenvalue weighted by molar-refractivity contribution is 6.45. The molecule has 1 aromatic heterocycles. The Kier molecular flexibility index (Phi) is 3.59. The summed E-state index contributed by atoms with van der Waals surface area (Å²) in [5.74, 6) is -0.134. The van der Waals surface area contributed by atoms with Crippen LogP contribution in [0.25, 0.3) is 10.9 Å². The number of methoxy groups -OCH3 is 2. The van der Waals surface area contributed by atoms with Crippen LogP contribution in [0.15, 0.2) is 18.3 Å². The number of hydrogen-bond acceptors (Lipinski definition) is 4. The van der Waals surface area contributed by atoms with Crippen molar-refractivity contribution in [3.8, 4) is 5.75 Å². The van der Waals surface area contributed by atoms with Gasteiger partial charge in [-0.05, 0) is 6.07 Å². The molecule has 0 bridgehead atoms. The molecule has 0 fully saturated rings. The molecule has 2 rings (SSSR count). The van der Waals surface area contributed by atoms with E-state index in [1.165, 1.54) is 20.4 Å². The maximum Gasteiger partial charge on any atom is 0.341 e. The molecule has 0 N–H and O–H groups in total. The number of rotatable bonds is 2. The first-order valence-electron chi connectivity index (χ1n) is 4.98. The zero-order chi connectivity index (χ0) is 13.3. The van der Waals surface area contributed by atoms with Crippen LogP contribution in [0.3, 0.4) is 0 Å². The molecule has 0 saturated heterocycles. The van der Waals surface area contributed by atoms with E-state index >= 15 is 0 Å². The zero-order valence-electron chi connectivity index (χ0n) is 9.66. The molecule has 0 aliphatic heterocycles. The van der Waals surface area contributed by atoms with Gasteiger partial charge in [0.1, 0.15) is 11.3 Å². The predicted molar refractivity (Wildman–Crippen MR) is 69.7 cm³/mol. The zero-order valence-corrected chi connectivity index (χ0v) is 11.2. The van der Waals surface area contributed by atoms with Crippen molar-refractivity contribution in [2.75, 3.05) is 14.2 Å². The number of carbonyl (C=O) groups is 1. The number of hydrogen-bond donors (Lipinski definition) is 0. The number of fused-ring (bicyclic) bond motifs is 1. The second kappa shape index (κ2) is 5.00. The Labute approximate surface area is 113 Å². The number of ether oxygens (including phenoxy) is 2. The van der Waals surface area contributed by atoms with Crippen molar-refractivity contribution >= 4 is 40.1 Å². The van der Waals surface area contributed by atoms with Gasteiger partial charge in [0.05, 0.1) is 29.8 Å². The molecular formula is C12H9Cl2NO3. The lowest BCUT2D eigenvalue weighted by molar-refractivity contribution is 0.0597. The topological polar surface area (TPSA) is 48.4 Å². The van der Waals surface area contributed by atoms with E-state index in [2.05, 4.69) is 9.72 Å². The Morgan fingerprint density at radius 2 is 2.00 bits per heavy atom. The Morgan fingerprint density at radius 1 is 1.28 bits per heavy atom. The summed E-state index contributed by atoms with van der Waals surface area (Å²) in [7, 11) is 2.76. The van der Waals surface area contributed by atoms with Crippen LogP contribution >= 0.6 is 23.2 Å². The largest absolute Gasteiger partial charge is 0.496 e. The van der Waals surface area contributed by atoms with E-state index in [4.69, 9.17) is 27.9 Å². The van der Waals surface area contributed by atoms with Crippen LogP contribution in [0.1, 0.15) is 10.4 Å². The number of benzene rings is 1. The van der Waals surface area contributed by atoms with E-state index in [0.29, 0.717) is 26.7 Å². The van der Waals surface area contributed by atoms with Crippen molar-refractivity contribution in [1.29, 1.82) is 0 Å². The number of carbonyl (C=O) groups excluding carboxylic acids is 1. The third kappa shape index (κ3) is 2.09. The lowest BCUT2D eigenvalue weighted by Gasteiger charge is -2.09. The Bertz CT molecular complexity index is 628. The SMILES string of the molecule is COC(=O)c1cc2c(Cl)c(Cl)cnc2cc1OC. The Morgan fingerprint density at radius 3 is 2.61 bits per heavy atom. The van der Waals surface area contributed by atoms with Crippen LogP contribution in [0, 0.1) is 0 Å². The summed E-state index contributed by atoms with van der Waals surface area (Å²) in [6, 6.07) is 3.17. The van der Waals surface area contributed by atoms with Gasteiger partial charge in [-0.15, -0.1) is 0 Å². The third-order valence-electron chi connectivity index (χ3n) is 2.49. The third-order valence-corrected chi connectivity index (χ3v) is 3.28. The minimum atomic E-state index is -0.509. The minimum Gasteiger partial charge on any atom is -0.496 e. The van der Waals surface area contributed by atoms with E-state index in [-0.39, 0.29) is 5.56 Å². The van der Waals surface area contributed by atoms with Crippen LogP contribution in [0.4, 0.5) is 0 Å². The molecule has 0 radical (unpaired) electrons. The quantitative estimate of drug-likeness (QED) is 0.794. The number of aromatic nitrogens is 1. The lowest BCUT2D eigenvalue weighted by Crippen LogP contribution is -2.04. The summed E-state index contributed by atoms with van der Waals surface area (Å²) in [5.41, 5.74) is 0.868. The molecule has 0 saturated carbocycles. The summed E-state index contributed by atoms with van der Waals surface area (Å²) in [6.07, 6.45) is 1.45. The van der Waals surface area contributed by atoms with Crippen molar-refractivity contribution in [3.05, 3.63) is 33.9 Å². The fourth-order valence-corrected chi connectivity index (χ4v) is 1.95. The van der Waals surface area contributed by atoms with Crippen molar-refractivity contribution in [3.63, 3.8) is 0 Å². The average molecular weight is 286 g/mol. The van der Waals surface area contributed by atoms with Gasteiger partial charge in [0.2, 0.25) is 0 Å². The molecule has 6 heteroatoms. The van der Waals surface area contributed by atoms with Gasteiger partial charge >= 0.3 is 5.97 Å². The molecule has 0 amide bonds. The van der Waals surface area contributed by atoms with Gasteiger partial charge in [-0.2, -0.15) is 0 Å². The second-order valence-corrected chi connectivity index (χ2v) is 4.27. The average Bonchev–Trinajstić information content (AvgIpc) is 2.41. The molecule has 0 spiro atoms. The second-order valence-electron chi connectivity index (χ2n) is 3.48. The van der Waals surface area contributed by atoms with Crippen molar-refractivity contribution < 1.29 is 14.3 Å². The van der Waals surface area contributed by atoms with Crippen LogP contribution < -0.4 is 4.74 Å². The summed E-state index contributed by atoms with van der Waals surface area (Å²) in [6.45, 7) is 0. The van der Waals surface area contributed by atoms with E-state index in [0.717, 1.165) is 0 Å². The molecule has 4 nitrogen and oxygen atoms in total. The van der Waals surface area contributed by atoms with Crippen LogP contribution in [-0.4, -0.2) is 25.2 Å². The first-order chi connectivity index (χ1) is 8.58. The Balaban J connectivity index is 2.78. The molecule has 18 heavy (non-hydrogen) atoms.